The van der Waals surface area contributed by atoms with Crippen LogP contribution in [0.25, 0.3) is 11.1 Å². The number of rotatable bonds is 0. The van der Waals surface area contributed by atoms with Crippen LogP contribution in [0.3, 0.4) is 0 Å². The number of pyridine rings is 1. The van der Waals surface area contributed by atoms with E-state index < -0.39 is 0 Å². The quantitative estimate of drug-likeness (QED) is 0.547. The smallest absolute Gasteiger partial charge is 0.274 e. The van der Waals surface area contributed by atoms with Gasteiger partial charge in [0.1, 0.15) is 5.52 Å². The van der Waals surface area contributed by atoms with Crippen LogP contribution in [0.2, 0.25) is 0 Å². The Bertz CT molecular complexity index is 672. The summed E-state index contributed by atoms with van der Waals surface area (Å²) in [5.74, 6) is 6.26. The zero-order valence-electron chi connectivity index (χ0n) is 8.92. The highest BCUT2D eigenvalue weighted by Gasteiger charge is 2.00. The van der Waals surface area contributed by atoms with Gasteiger partial charge in [0.25, 0.3) is 5.89 Å². The van der Waals surface area contributed by atoms with Gasteiger partial charge in [-0.05, 0) is 30.2 Å². The van der Waals surface area contributed by atoms with Crippen molar-refractivity contribution in [1.29, 1.82) is 0 Å². The van der Waals surface area contributed by atoms with E-state index in [1.807, 2.05) is 36.4 Å². The molecule has 0 amide bonds. The van der Waals surface area contributed by atoms with E-state index in [0.717, 1.165) is 16.7 Å². The second-order valence-electron chi connectivity index (χ2n) is 3.48. The summed E-state index contributed by atoms with van der Waals surface area (Å²) in [5.41, 5.74) is 2.42. The maximum Gasteiger partial charge on any atom is 0.274 e. The van der Waals surface area contributed by atoms with Crippen molar-refractivity contribution in [3.63, 3.8) is 0 Å². The van der Waals surface area contributed by atoms with Crippen molar-refractivity contribution >= 4 is 11.1 Å². The van der Waals surface area contributed by atoms with Crippen LogP contribution in [-0.2, 0) is 0 Å². The van der Waals surface area contributed by atoms with Gasteiger partial charge >= 0.3 is 0 Å². The molecule has 0 aliphatic carbocycles. The molecule has 3 rings (SSSR count). The summed E-state index contributed by atoms with van der Waals surface area (Å²) in [6.45, 7) is 0. The number of oxazole rings is 1. The average molecular weight is 220 g/mol. The SMILES string of the molecule is C(#Cc1nc2ccccc2o1)c1cccnc1. The van der Waals surface area contributed by atoms with Gasteiger partial charge in [-0.25, -0.2) is 4.98 Å². The van der Waals surface area contributed by atoms with E-state index in [4.69, 9.17) is 4.42 Å². The van der Waals surface area contributed by atoms with E-state index >= 15 is 0 Å². The molecule has 0 atom stereocenters. The zero-order chi connectivity index (χ0) is 11.5. The summed E-state index contributed by atoms with van der Waals surface area (Å²) in [6.07, 6.45) is 3.42. The van der Waals surface area contributed by atoms with E-state index in [1.54, 1.807) is 12.4 Å². The van der Waals surface area contributed by atoms with Gasteiger partial charge in [0.15, 0.2) is 5.58 Å². The van der Waals surface area contributed by atoms with Crippen LogP contribution >= 0.6 is 0 Å². The van der Waals surface area contributed by atoms with E-state index in [0.29, 0.717) is 5.89 Å². The van der Waals surface area contributed by atoms with Crippen LogP contribution in [0.5, 0.6) is 0 Å². The number of benzene rings is 1. The molecule has 0 unspecified atom stereocenters. The molecule has 3 nitrogen and oxygen atoms in total. The molecule has 0 radical (unpaired) electrons. The lowest BCUT2D eigenvalue weighted by molar-refractivity contribution is 0.586. The number of nitrogens with zero attached hydrogens (tertiary/aromatic N) is 2. The summed E-state index contributed by atoms with van der Waals surface area (Å²) in [5, 5.41) is 0. The Kier molecular flexibility index (Phi) is 2.32. The molecule has 80 valence electrons. The normalized spacial score (nSPS) is 9.88. The minimum atomic E-state index is 0.426. The third kappa shape index (κ3) is 2.01. The maximum atomic E-state index is 5.48. The maximum absolute atomic E-state index is 5.48. The molecular formula is C14H8N2O. The average Bonchev–Trinajstić information content (AvgIpc) is 2.80. The first-order chi connectivity index (χ1) is 8.42. The Morgan fingerprint density at radius 1 is 1.00 bits per heavy atom. The Hall–Kier alpha value is -2.60. The molecule has 2 heterocycles. The van der Waals surface area contributed by atoms with Gasteiger partial charge in [-0.3, -0.25) is 4.98 Å². The van der Waals surface area contributed by atoms with Crippen LogP contribution < -0.4 is 0 Å². The summed E-state index contributed by atoms with van der Waals surface area (Å²) in [4.78, 5) is 8.25. The summed E-state index contributed by atoms with van der Waals surface area (Å²) < 4.78 is 5.48. The van der Waals surface area contributed by atoms with Crippen LogP contribution in [0.1, 0.15) is 11.5 Å². The molecule has 3 aromatic rings. The van der Waals surface area contributed by atoms with Crippen molar-refractivity contribution in [2.24, 2.45) is 0 Å². The molecule has 0 saturated heterocycles. The third-order valence-electron chi connectivity index (χ3n) is 2.27. The molecular weight excluding hydrogens is 212 g/mol. The molecule has 0 fully saturated rings. The highest BCUT2D eigenvalue weighted by Crippen LogP contribution is 2.13. The lowest BCUT2D eigenvalue weighted by Crippen LogP contribution is -1.76. The third-order valence-corrected chi connectivity index (χ3v) is 2.27. The highest BCUT2D eigenvalue weighted by atomic mass is 16.3. The molecule has 3 heteroatoms. The first kappa shape index (κ1) is 9.61. The topological polar surface area (TPSA) is 38.9 Å². The minimum Gasteiger partial charge on any atom is -0.430 e. The van der Waals surface area contributed by atoms with E-state index in [9.17, 15) is 0 Å². The molecule has 0 saturated carbocycles. The second-order valence-corrected chi connectivity index (χ2v) is 3.48. The molecule has 1 aromatic carbocycles. The molecule has 0 bridgehead atoms. The summed E-state index contributed by atoms with van der Waals surface area (Å²) in [7, 11) is 0. The van der Waals surface area contributed by atoms with Crippen molar-refractivity contribution in [3.05, 3.63) is 60.2 Å². The predicted molar refractivity (Wildman–Crippen MR) is 64.2 cm³/mol. The highest BCUT2D eigenvalue weighted by molar-refractivity contribution is 5.72. The summed E-state index contributed by atoms with van der Waals surface area (Å²) in [6, 6.07) is 11.3. The van der Waals surface area contributed by atoms with Gasteiger partial charge in [0, 0.05) is 18.0 Å². The Morgan fingerprint density at radius 2 is 1.94 bits per heavy atom. The monoisotopic (exact) mass is 220 g/mol. The van der Waals surface area contributed by atoms with Gasteiger partial charge < -0.3 is 4.42 Å². The number of fused-ring (bicyclic) bond motifs is 1. The van der Waals surface area contributed by atoms with Crippen molar-refractivity contribution in [2.45, 2.75) is 0 Å². The summed E-state index contributed by atoms with van der Waals surface area (Å²) >= 11 is 0. The fraction of sp³-hybridized carbons (Fsp3) is 0. The predicted octanol–water partition coefficient (Wildman–Crippen LogP) is 2.62. The Labute approximate surface area is 98.1 Å². The number of hydrogen-bond donors (Lipinski definition) is 0. The molecule has 0 aliphatic rings. The van der Waals surface area contributed by atoms with Crippen molar-refractivity contribution in [2.75, 3.05) is 0 Å². The lowest BCUT2D eigenvalue weighted by atomic mass is 10.3. The van der Waals surface area contributed by atoms with E-state index in [1.165, 1.54) is 0 Å². The van der Waals surface area contributed by atoms with Crippen molar-refractivity contribution in [3.8, 4) is 11.8 Å². The van der Waals surface area contributed by atoms with E-state index in [2.05, 4.69) is 21.8 Å². The molecule has 17 heavy (non-hydrogen) atoms. The molecule has 0 spiro atoms. The molecule has 2 aromatic heterocycles. The Morgan fingerprint density at radius 3 is 2.76 bits per heavy atom. The van der Waals surface area contributed by atoms with Crippen molar-refractivity contribution in [1.82, 2.24) is 9.97 Å². The molecule has 0 aliphatic heterocycles. The van der Waals surface area contributed by atoms with Crippen LogP contribution in [-0.4, -0.2) is 9.97 Å². The van der Waals surface area contributed by atoms with Gasteiger partial charge in [-0.2, -0.15) is 0 Å². The molecule has 0 N–H and O–H groups in total. The van der Waals surface area contributed by atoms with Gasteiger partial charge in [-0.15, -0.1) is 0 Å². The van der Waals surface area contributed by atoms with Gasteiger partial charge in [-0.1, -0.05) is 18.1 Å². The standard InChI is InChI=1S/C14H8N2O/c1-2-6-13-12(5-1)16-14(17-13)8-7-11-4-3-9-15-10-11/h1-6,9-10H. The van der Waals surface area contributed by atoms with Gasteiger partial charge in [0.05, 0.1) is 0 Å². The fourth-order valence-electron chi connectivity index (χ4n) is 1.49. The zero-order valence-corrected chi connectivity index (χ0v) is 8.92. The first-order valence-corrected chi connectivity index (χ1v) is 5.19. The second kappa shape index (κ2) is 4.11. The van der Waals surface area contributed by atoms with Crippen LogP contribution in [0.4, 0.5) is 0 Å². The van der Waals surface area contributed by atoms with Crippen LogP contribution in [0, 0.1) is 11.8 Å². The first-order valence-electron chi connectivity index (χ1n) is 5.19. The minimum absolute atomic E-state index is 0.426. The Balaban J connectivity index is 1.98. The number of hydrogen-bond acceptors (Lipinski definition) is 3. The number of aromatic nitrogens is 2. The van der Waals surface area contributed by atoms with Crippen LogP contribution in [0.15, 0.2) is 53.2 Å². The van der Waals surface area contributed by atoms with Gasteiger partial charge in [0.2, 0.25) is 0 Å². The van der Waals surface area contributed by atoms with Crippen molar-refractivity contribution < 1.29 is 4.42 Å². The fourth-order valence-corrected chi connectivity index (χ4v) is 1.49. The van der Waals surface area contributed by atoms with E-state index in [-0.39, 0.29) is 0 Å². The largest absolute Gasteiger partial charge is 0.430 e. The lowest BCUT2D eigenvalue weighted by Gasteiger charge is -1.84. The number of para-hydroxylation sites is 2.